The molecule has 2 aliphatic heterocycles. The summed E-state index contributed by atoms with van der Waals surface area (Å²) in [6, 6.07) is 26.9. The number of anilines is 1. The SMILES string of the molecule is CC(=O)Nc1cccc(C2CCN(CCCNC3=Nc4ccccc4C(c4ccccc4)=NC3)CC2)c1. The van der Waals surface area contributed by atoms with E-state index in [0.717, 1.165) is 79.5 Å². The van der Waals surface area contributed by atoms with Gasteiger partial charge in [-0.3, -0.25) is 9.79 Å². The van der Waals surface area contributed by atoms with Gasteiger partial charge in [-0.1, -0.05) is 60.7 Å². The highest BCUT2D eigenvalue weighted by Gasteiger charge is 2.21. The number of likely N-dealkylation sites (tertiary alicyclic amines) is 1. The summed E-state index contributed by atoms with van der Waals surface area (Å²) in [5, 5.41) is 6.45. The van der Waals surface area contributed by atoms with Gasteiger partial charge >= 0.3 is 0 Å². The first kappa shape index (κ1) is 24.9. The van der Waals surface area contributed by atoms with E-state index >= 15 is 0 Å². The lowest BCUT2D eigenvalue weighted by molar-refractivity contribution is -0.114. The molecule has 0 spiro atoms. The summed E-state index contributed by atoms with van der Waals surface area (Å²) < 4.78 is 0. The molecule has 3 aromatic carbocycles. The molecular formula is C31H35N5O. The molecule has 0 atom stereocenters. The van der Waals surface area contributed by atoms with E-state index in [-0.39, 0.29) is 5.91 Å². The number of para-hydroxylation sites is 1. The number of amidine groups is 1. The molecule has 0 bridgehead atoms. The molecular weight excluding hydrogens is 458 g/mol. The first-order valence-corrected chi connectivity index (χ1v) is 13.3. The molecule has 1 saturated heterocycles. The Morgan fingerprint density at radius 3 is 2.57 bits per heavy atom. The Kier molecular flexibility index (Phi) is 8.06. The number of carbonyl (C=O) groups is 1. The third kappa shape index (κ3) is 6.52. The molecule has 0 saturated carbocycles. The molecule has 2 N–H and O–H groups in total. The van der Waals surface area contributed by atoms with Gasteiger partial charge in [0.1, 0.15) is 5.84 Å². The van der Waals surface area contributed by atoms with E-state index in [9.17, 15) is 4.79 Å². The highest BCUT2D eigenvalue weighted by molar-refractivity contribution is 6.17. The van der Waals surface area contributed by atoms with E-state index in [0.29, 0.717) is 12.5 Å². The van der Waals surface area contributed by atoms with Crippen molar-refractivity contribution in [3.8, 4) is 0 Å². The lowest BCUT2D eigenvalue weighted by Gasteiger charge is -2.32. The third-order valence-electron chi connectivity index (χ3n) is 7.09. The van der Waals surface area contributed by atoms with Gasteiger partial charge in [0.15, 0.2) is 0 Å². The van der Waals surface area contributed by atoms with Gasteiger partial charge in [-0.15, -0.1) is 0 Å². The van der Waals surface area contributed by atoms with Crippen LogP contribution in [0.5, 0.6) is 0 Å². The van der Waals surface area contributed by atoms with E-state index in [1.807, 2.05) is 30.3 Å². The van der Waals surface area contributed by atoms with Gasteiger partial charge in [-0.2, -0.15) is 0 Å². The summed E-state index contributed by atoms with van der Waals surface area (Å²) in [7, 11) is 0. The molecule has 1 fully saturated rings. The van der Waals surface area contributed by atoms with Gasteiger partial charge in [0.25, 0.3) is 0 Å². The molecule has 2 heterocycles. The minimum Gasteiger partial charge on any atom is -0.372 e. The average molecular weight is 494 g/mol. The topological polar surface area (TPSA) is 69.1 Å². The van der Waals surface area contributed by atoms with Crippen molar-refractivity contribution in [3.63, 3.8) is 0 Å². The number of aliphatic imine (C=N–C) groups is 2. The number of nitrogens with one attached hydrogen (secondary N) is 2. The number of hydrogen-bond acceptors (Lipinski definition) is 5. The second kappa shape index (κ2) is 12.0. The van der Waals surface area contributed by atoms with Crippen molar-refractivity contribution in [2.24, 2.45) is 9.98 Å². The van der Waals surface area contributed by atoms with Crippen molar-refractivity contribution in [1.29, 1.82) is 0 Å². The molecule has 0 aromatic heterocycles. The van der Waals surface area contributed by atoms with Gasteiger partial charge in [0.05, 0.1) is 17.9 Å². The summed E-state index contributed by atoms with van der Waals surface area (Å²) >= 11 is 0. The Labute approximate surface area is 219 Å². The Balaban J connectivity index is 1.11. The Hall–Kier alpha value is -3.77. The Bertz CT molecular complexity index is 1280. The number of amides is 1. The van der Waals surface area contributed by atoms with Crippen LogP contribution >= 0.6 is 0 Å². The monoisotopic (exact) mass is 493 g/mol. The zero-order chi connectivity index (χ0) is 25.5. The standard InChI is InChI=1S/C31H35N5O/c1-23(37)34-27-12-7-11-26(21-27)24-15-19-36(20-16-24)18-8-17-32-30-22-33-31(25-9-3-2-4-10-25)28-13-5-6-14-29(28)35-30/h2-7,9-14,21,24H,8,15-20,22H2,1H3,(H,32,35)(H,34,37). The van der Waals surface area contributed by atoms with Crippen LogP contribution in [0.3, 0.4) is 0 Å². The van der Waals surface area contributed by atoms with Crippen LogP contribution in [0.25, 0.3) is 0 Å². The fourth-order valence-electron chi connectivity index (χ4n) is 5.23. The van der Waals surface area contributed by atoms with Gasteiger partial charge in [-0.05, 0) is 68.6 Å². The second-order valence-electron chi connectivity index (χ2n) is 9.81. The first-order chi connectivity index (χ1) is 18.2. The molecule has 6 nitrogen and oxygen atoms in total. The van der Waals surface area contributed by atoms with E-state index in [4.69, 9.17) is 9.98 Å². The predicted molar refractivity (Wildman–Crippen MR) is 152 cm³/mol. The van der Waals surface area contributed by atoms with Crippen molar-refractivity contribution in [3.05, 3.63) is 95.6 Å². The summed E-state index contributed by atoms with van der Waals surface area (Å²) in [6.07, 6.45) is 3.37. The molecule has 0 radical (unpaired) electrons. The fraction of sp³-hybridized carbons (Fsp3) is 0.323. The molecule has 6 heteroatoms. The molecule has 3 aromatic rings. The molecule has 0 unspecified atom stereocenters. The number of benzene rings is 3. The zero-order valence-electron chi connectivity index (χ0n) is 21.5. The van der Waals surface area contributed by atoms with Gasteiger partial charge in [-0.25, -0.2) is 4.99 Å². The number of rotatable bonds is 7. The molecule has 5 rings (SSSR count). The lowest BCUT2D eigenvalue weighted by Crippen LogP contribution is -2.35. The van der Waals surface area contributed by atoms with E-state index in [1.165, 1.54) is 5.56 Å². The van der Waals surface area contributed by atoms with Crippen LogP contribution in [0.4, 0.5) is 11.4 Å². The van der Waals surface area contributed by atoms with Gasteiger partial charge < -0.3 is 15.5 Å². The van der Waals surface area contributed by atoms with Crippen molar-refractivity contribution < 1.29 is 4.79 Å². The summed E-state index contributed by atoms with van der Waals surface area (Å²) in [4.78, 5) is 23.8. The highest BCUT2D eigenvalue weighted by Crippen LogP contribution is 2.29. The quantitative estimate of drug-likeness (QED) is 0.434. The second-order valence-corrected chi connectivity index (χ2v) is 9.81. The maximum Gasteiger partial charge on any atom is 0.221 e. The van der Waals surface area contributed by atoms with Crippen LogP contribution in [0.1, 0.15) is 48.8 Å². The third-order valence-corrected chi connectivity index (χ3v) is 7.09. The van der Waals surface area contributed by atoms with Crippen LogP contribution in [0.2, 0.25) is 0 Å². The van der Waals surface area contributed by atoms with Gasteiger partial charge in [0, 0.05) is 30.3 Å². The van der Waals surface area contributed by atoms with Gasteiger partial charge in [0.2, 0.25) is 5.91 Å². The number of piperidine rings is 1. The van der Waals surface area contributed by atoms with E-state index < -0.39 is 0 Å². The number of hydrogen-bond donors (Lipinski definition) is 2. The largest absolute Gasteiger partial charge is 0.372 e. The summed E-state index contributed by atoms with van der Waals surface area (Å²) in [5.74, 6) is 1.46. The first-order valence-electron chi connectivity index (χ1n) is 13.3. The molecule has 2 aliphatic rings. The summed E-state index contributed by atoms with van der Waals surface area (Å²) in [6.45, 7) is 6.28. The predicted octanol–water partition coefficient (Wildman–Crippen LogP) is 5.39. The fourth-order valence-corrected chi connectivity index (χ4v) is 5.23. The number of fused-ring (bicyclic) bond motifs is 1. The maximum absolute atomic E-state index is 11.4. The van der Waals surface area contributed by atoms with Crippen LogP contribution in [0, 0.1) is 0 Å². The lowest BCUT2D eigenvalue weighted by atomic mass is 9.89. The maximum atomic E-state index is 11.4. The van der Waals surface area contributed by atoms with Crippen molar-refractivity contribution in [2.45, 2.75) is 32.1 Å². The van der Waals surface area contributed by atoms with E-state index in [1.54, 1.807) is 6.92 Å². The Morgan fingerprint density at radius 2 is 1.76 bits per heavy atom. The van der Waals surface area contributed by atoms with Crippen LogP contribution < -0.4 is 10.6 Å². The molecule has 190 valence electrons. The van der Waals surface area contributed by atoms with Crippen LogP contribution in [0.15, 0.2) is 88.8 Å². The zero-order valence-corrected chi connectivity index (χ0v) is 21.5. The van der Waals surface area contributed by atoms with Crippen LogP contribution in [-0.2, 0) is 4.79 Å². The average Bonchev–Trinajstić information content (AvgIpc) is 3.11. The minimum atomic E-state index is -0.0250. The normalized spacial score (nSPS) is 16.2. The molecule has 37 heavy (non-hydrogen) atoms. The van der Waals surface area contributed by atoms with E-state index in [2.05, 4.69) is 64.1 Å². The van der Waals surface area contributed by atoms with Crippen molar-refractivity contribution >= 4 is 28.8 Å². The van der Waals surface area contributed by atoms with Crippen molar-refractivity contribution in [2.75, 3.05) is 38.0 Å². The van der Waals surface area contributed by atoms with Crippen LogP contribution in [-0.4, -0.2) is 55.1 Å². The summed E-state index contributed by atoms with van der Waals surface area (Å²) in [5.41, 5.74) is 6.39. The number of nitrogens with zero attached hydrogens (tertiary/aromatic N) is 3. The number of carbonyl (C=O) groups excluding carboxylic acids is 1. The molecule has 0 aliphatic carbocycles. The minimum absolute atomic E-state index is 0.0250. The van der Waals surface area contributed by atoms with Crippen molar-refractivity contribution in [1.82, 2.24) is 10.2 Å². The highest BCUT2D eigenvalue weighted by atomic mass is 16.1. The smallest absolute Gasteiger partial charge is 0.221 e. The molecule has 1 amide bonds. The Morgan fingerprint density at radius 1 is 0.973 bits per heavy atom.